The molecule has 0 amide bonds. The third-order valence-electron chi connectivity index (χ3n) is 5.09. The van der Waals surface area contributed by atoms with Gasteiger partial charge < -0.3 is 4.74 Å². The van der Waals surface area contributed by atoms with Crippen molar-refractivity contribution in [2.45, 2.75) is 37.8 Å². The summed E-state index contributed by atoms with van der Waals surface area (Å²) in [5, 5.41) is 0. The molecule has 0 saturated carbocycles. The summed E-state index contributed by atoms with van der Waals surface area (Å²) in [5.74, 6) is 0.0854. The Hall–Kier alpha value is -1.62. The standard InChI is InChI=1S/C19H21F3O2/c20-19(21,22)15-7-5-13(6-8-15)16-3-1-2-4-17(16)18(23)14-9-11-24-12-10-14/h1-2,5-8,14,16-17H,3-4,9-12H2/t16-,17?/m1/s1. The molecule has 0 bridgehead atoms. The van der Waals surface area contributed by atoms with E-state index in [0.29, 0.717) is 26.1 Å². The number of ether oxygens (including phenoxy) is 1. The van der Waals surface area contributed by atoms with Crippen LogP contribution >= 0.6 is 0 Å². The van der Waals surface area contributed by atoms with Crippen LogP contribution in [0.4, 0.5) is 13.2 Å². The van der Waals surface area contributed by atoms with Crippen LogP contribution in [-0.2, 0) is 15.7 Å². The Morgan fingerprint density at radius 3 is 2.25 bits per heavy atom. The van der Waals surface area contributed by atoms with Gasteiger partial charge in [-0.3, -0.25) is 4.79 Å². The van der Waals surface area contributed by atoms with Gasteiger partial charge in [-0.1, -0.05) is 24.3 Å². The van der Waals surface area contributed by atoms with Crippen molar-refractivity contribution in [3.8, 4) is 0 Å². The molecule has 1 aliphatic heterocycles. The summed E-state index contributed by atoms with van der Waals surface area (Å²) in [6.45, 7) is 1.23. The van der Waals surface area contributed by atoms with Crippen LogP contribution in [0, 0.1) is 11.8 Å². The number of hydrogen-bond acceptors (Lipinski definition) is 2. The Morgan fingerprint density at radius 2 is 1.62 bits per heavy atom. The van der Waals surface area contributed by atoms with Gasteiger partial charge in [0.15, 0.2) is 0 Å². The van der Waals surface area contributed by atoms with Crippen molar-refractivity contribution >= 4 is 5.78 Å². The quantitative estimate of drug-likeness (QED) is 0.744. The molecule has 0 N–H and O–H groups in total. The van der Waals surface area contributed by atoms with Crippen LogP contribution in [-0.4, -0.2) is 19.0 Å². The lowest BCUT2D eigenvalue weighted by atomic mass is 9.72. The summed E-state index contributed by atoms with van der Waals surface area (Å²) in [4.78, 5) is 12.9. The number of carbonyl (C=O) groups excluding carboxylic acids is 1. The SMILES string of the molecule is O=C(C1CCOCC1)C1CC=CC[C@@H]1c1ccc(C(F)(F)F)cc1. The molecule has 2 nitrogen and oxygen atoms in total. The lowest BCUT2D eigenvalue weighted by molar-refractivity contribution is -0.137. The third-order valence-corrected chi connectivity index (χ3v) is 5.09. The monoisotopic (exact) mass is 338 g/mol. The Balaban J connectivity index is 1.79. The van der Waals surface area contributed by atoms with E-state index in [1.54, 1.807) is 0 Å². The first kappa shape index (κ1) is 17.2. The minimum absolute atomic E-state index is 0.0206. The van der Waals surface area contributed by atoms with E-state index in [2.05, 4.69) is 0 Å². The highest BCUT2D eigenvalue weighted by molar-refractivity contribution is 5.84. The smallest absolute Gasteiger partial charge is 0.381 e. The predicted molar refractivity (Wildman–Crippen MR) is 84.6 cm³/mol. The summed E-state index contributed by atoms with van der Waals surface area (Å²) >= 11 is 0. The van der Waals surface area contributed by atoms with Gasteiger partial charge in [0.1, 0.15) is 5.78 Å². The molecule has 1 aliphatic carbocycles. The van der Waals surface area contributed by atoms with Crippen molar-refractivity contribution < 1.29 is 22.7 Å². The average molecular weight is 338 g/mol. The highest BCUT2D eigenvalue weighted by atomic mass is 19.4. The first-order valence-electron chi connectivity index (χ1n) is 8.40. The van der Waals surface area contributed by atoms with E-state index in [0.717, 1.165) is 30.5 Å². The Morgan fingerprint density at radius 1 is 1.00 bits per heavy atom. The predicted octanol–water partition coefficient (Wildman–Crippen LogP) is 4.75. The van der Waals surface area contributed by atoms with Gasteiger partial charge in [-0.15, -0.1) is 0 Å². The number of ketones is 1. The van der Waals surface area contributed by atoms with Gasteiger partial charge in [0.25, 0.3) is 0 Å². The van der Waals surface area contributed by atoms with Crippen LogP contribution < -0.4 is 0 Å². The van der Waals surface area contributed by atoms with E-state index < -0.39 is 11.7 Å². The van der Waals surface area contributed by atoms with Gasteiger partial charge in [0.05, 0.1) is 5.56 Å². The topological polar surface area (TPSA) is 26.3 Å². The molecular weight excluding hydrogens is 317 g/mol. The zero-order valence-corrected chi connectivity index (χ0v) is 13.4. The zero-order valence-electron chi connectivity index (χ0n) is 13.4. The fourth-order valence-corrected chi connectivity index (χ4v) is 3.70. The van der Waals surface area contributed by atoms with Crippen molar-refractivity contribution in [3.05, 3.63) is 47.5 Å². The highest BCUT2D eigenvalue weighted by Gasteiger charge is 2.35. The van der Waals surface area contributed by atoms with Crippen LogP contribution in [0.3, 0.4) is 0 Å². The number of rotatable bonds is 3. The second-order valence-corrected chi connectivity index (χ2v) is 6.56. The molecule has 1 aromatic rings. The lowest BCUT2D eigenvalue weighted by Gasteiger charge is -2.32. The number of Topliss-reactive ketones (excluding diaryl/α,β-unsaturated/α-hetero) is 1. The normalized spacial score (nSPS) is 25.6. The maximum Gasteiger partial charge on any atom is 0.416 e. The summed E-state index contributed by atoms with van der Waals surface area (Å²) < 4.78 is 43.5. The van der Waals surface area contributed by atoms with Gasteiger partial charge in [-0.2, -0.15) is 13.2 Å². The molecule has 1 heterocycles. The molecule has 1 saturated heterocycles. The van der Waals surface area contributed by atoms with E-state index in [9.17, 15) is 18.0 Å². The van der Waals surface area contributed by atoms with Crippen LogP contribution in [0.1, 0.15) is 42.7 Å². The van der Waals surface area contributed by atoms with Crippen molar-refractivity contribution in [2.24, 2.45) is 11.8 Å². The number of allylic oxidation sites excluding steroid dienone is 2. The molecule has 5 heteroatoms. The summed E-state index contributed by atoms with van der Waals surface area (Å²) in [7, 11) is 0. The molecule has 24 heavy (non-hydrogen) atoms. The van der Waals surface area contributed by atoms with Crippen LogP contribution in [0.15, 0.2) is 36.4 Å². The van der Waals surface area contributed by atoms with Crippen LogP contribution in [0.25, 0.3) is 0 Å². The van der Waals surface area contributed by atoms with E-state index in [1.807, 2.05) is 12.2 Å². The third kappa shape index (κ3) is 3.72. The molecule has 3 rings (SSSR count). The summed E-state index contributed by atoms with van der Waals surface area (Å²) in [6.07, 6.45) is 2.57. The van der Waals surface area contributed by atoms with E-state index in [-0.39, 0.29) is 23.5 Å². The molecule has 0 radical (unpaired) electrons. The number of hydrogen-bond donors (Lipinski definition) is 0. The van der Waals surface area contributed by atoms with Gasteiger partial charge in [-0.05, 0) is 49.3 Å². The number of carbonyl (C=O) groups is 1. The van der Waals surface area contributed by atoms with E-state index >= 15 is 0 Å². The summed E-state index contributed by atoms with van der Waals surface area (Å²) in [5.41, 5.74) is 0.169. The molecule has 0 spiro atoms. The fourth-order valence-electron chi connectivity index (χ4n) is 3.70. The van der Waals surface area contributed by atoms with Crippen LogP contribution in [0.5, 0.6) is 0 Å². The van der Waals surface area contributed by atoms with Crippen molar-refractivity contribution in [1.29, 1.82) is 0 Å². The van der Waals surface area contributed by atoms with Gasteiger partial charge in [-0.25, -0.2) is 0 Å². The Labute approximate surface area is 139 Å². The largest absolute Gasteiger partial charge is 0.416 e. The van der Waals surface area contributed by atoms with Crippen LogP contribution in [0.2, 0.25) is 0 Å². The van der Waals surface area contributed by atoms with Gasteiger partial charge >= 0.3 is 6.18 Å². The molecule has 1 unspecified atom stereocenters. The summed E-state index contributed by atoms with van der Waals surface area (Å²) in [6, 6.07) is 5.28. The van der Waals surface area contributed by atoms with E-state index in [1.165, 1.54) is 12.1 Å². The zero-order chi connectivity index (χ0) is 17.2. The molecule has 1 aromatic carbocycles. The maximum atomic E-state index is 12.9. The first-order chi connectivity index (χ1) is 11.5. The molecule has 130 valence electrons. The van der Waals surface area contributed by atoms with Gasteiger partial charge in [0, 0.05) is 25.0 Å². The number of benzene rings is 1. The fraction of sp³-hybridized carbons (Fsp3) is 0.526. The van der Waals surface area contributed by atoms with Crippen molar-refractivity contribution in [3.63, 3.8) is 0 Å². The average Bonchev–Trinajstić information content (AvgIpc) is 2.61. The van der Waals surface area contributed by atoms with E-state index in [4.69, 9.17) is 4.74 Å². The second kappa shape index (κ2) is 7.09. The molecule has 2 aliphatic rings. The number of halogens is 3. The molecular formula is C19H21F3O2. The molecule has 2 atom stereocenters. The Bertz CT molecular complexity index is 598. The molecule has 1 fully saturated rings. The minimum Gasteiger partial charge on any atom is -0.381 e. The molecule has 0 aromatic heterocycles. The number of alkyl halides is 3. The minimum atomic E-state index is -4.33. The maximum absolute atomic E-state index is 12.9. The Kier molecular flexibility index (Phi) is 5.09. The van der Waals surface area contributed by atoms with Crippen molar-refractivity contribution in [2.75, 3.05) is 13.2 Å². The van der Waals surface area contributed by atoms with Crippen molar-refractivity contribution in [1.82, 2.24) is 0 Å². The lowest BCUT2D eigenvalue weighted by Crippen LogP contribution is -2.33. The second-order valence-electron chi connectivity index (χ2n) is 6.56. The van der Waals surface area contributed by atoms with Gasteiger partial charge in [0.2, 0.25) is 0 Å². The first-order valence-corrected chi connectivity index (χ1v) is 8.40. The highest BCUT2D eigenvalue weighted by Crippen LogP contribution is 2.39.